The molecule has 0 unspecified atom stereocenters. The van der Waals surface area contributed by atoms with E-state index in [0.29, 0.717) is 5.75 Å². The van der Waals surface area contributed by atoms with Crippen LogP contribution < -0.4 is 10.1 Å². The van der Waals surface area contributed by atoms with Crippen LogP contribution in [0.15, 0.2) is 17.0 Å². The summed E-state index contributed by atoms with van der Waals surface area (Å²) < 4.78 is 42.5. The molecule has 100 valence electrons. The molecule has 0 aromatic heterocycles. The maximum atomic E-state index is 12.5. The molecule has 1 aliphatic heterocycles. The molecule has 1 aromatic carbocycles. The lowest BCUT2D eigenvalue weighted by Gasteiger charge is -2.14. The molecule has 0 spiro atoms. The average Bonchev–Trinajstić information content (AvgIpc) is 2.50. The molecule has 1 aliphatic rings. The van der Waals surface area contributed by atoms with E-state index in [1.807, 2.05) is 0 Å². The molecule has 0 bridgehead atoms. The van der Waals surface area contributed by atoms with E-state index in [2.05, 4.69) is 5.32 Å². The van der Waals surface area contributed by atoms with Crippen molar-refractivity contribution in [2.24, 2.45) is 0 Å². The van der Waals surface area contributed by atoms with Gasteiger partial charge in [-0.05, 0) is 61.0 Å². The fourth-order valence-electron chi connectivity index (χ4n) is 2.04. The third-order valence-electron chi connectivity index (χ3n) is 2.85. The molecule has 0 amide bonds. The van der Waals surface area contributed by atoms with Crippen LogP contribution in [0.3, 0.4) is 0 Å². The van der Waals surface area contributed by atoms with E-state index >= 15 is 0 Å². The molecular weight excluding hydrogens is 263 g/mol. The van der Waals surface area contributed by atoms with Gasteiger partial charge in [-0.3, -0.25) is 0 Å². The highest BCUT2D eigenvalue weighted by Gasteiger charge is 2.31. The van der Waals surface area contributed by atoms with Crippen molar-refractivity contribution < 1.29 is 17.9 Å². The van der Waals surface area contributed by atoms with Crippen molar-refractivity contribution in [1.29, 1.82) is 0 Å². The van der Waals surface area contributed by atoms with Crippen LogP contribution in [-0.4, -0.2) is 25.7 Å². The Morgan fingerprint density at radius 2 is 1.78 bits per heavy atom. The van der Waals surface area contributed by atoms with Gasteiger partial charge in [0.25, 0.3) is 0 Å². The quantitative estimate of drug-likeness (QED) is 0.840. The number of rotatable bonds is 2. The van der Waals surface area contributed by atoms with Gasteiger partial charge in [-0.2, -0.15) is 13.2 Å². The van der Waals surface area contributed by atoms with E-state index in [-0.39, 0.29) is 16.7 Å². The van der Waals surface area contributed by atoms with Crippen molar-refractivity contribution in [1.82, 2.24) is 5.32 Å². The molecule has 0 radical (unpaired) electrons. The van der Waals surface area contributed by atoms with Crippen LogP contribution in [0.2, 0.25) is 0 Å². The summed E-state index contributed by atoms with van der Waals surface area (Å²) in [5.41, 5.74) is -2.24. The summed E-state index contributed by atoms with van der Waals surface area (Å²) in [4.78, 5) is 0.144. The van der Waals surface area contributed by atoms with Gasteiger partial charge in [-0.1, -0.05) is 0 Å². The van der Waals surface area contributed by atoms with Gasteiger partial charge in [0.05, 0.1) is 12.0 Å². The summed E-state index contributed by atoms with van der Waals surface area (Å²) >= 11 is -0.114. The number of nitrogens with one attached hydrogen (secondary N) is 1. The highest BCUT2D eigenvalue weighted by molar-refractivity contribution is 8.00. The predicted octanol–water partition coefficient (Wildman–Crippen LogP) is 3.00. The first-order valence-corrected chi connectivity index (χ1v) is 6.47. The summed E-state index contributed by atoms with van der Waals surface area (Å²) in [6.45, 7) is 1.65. The number of hydrogen-bond acceptors (Lipinski definition) is 3. The first kappa shape index (κ1) is 13.5. The van der Waals surface area contributed by atoms with Crippen LogP contribution in [0.25, 0.3) is 0 Å². The smallest absolute Gasteiger partial charge is 0.446 e. The molecule has 0 saturated heterocycles. The third-order valence-corrected chi connectivity index (χ3v) is 3.62. The second-order valence-corrected chi connectivity index (χ2v) is 5.18. The van der Waals surface area contributed by atoms with Gasteiger partial charge in [-0.25, -0.2) is 0 Å². The molecule has 0 fully saturated rings. The van der Waals surface area contributed by atoms with Gasteiger partial charge in [-0.15, -0.1) is 0 Å². The van der Waals surface area contributed by atoms with E-state index in [9.17, 15) is 13.2 Å². The number of methoxy groups -OCH3 is 1. The molecule has 1 N–H and O–H groups in total. The second kappa shape index (κ2) is 5.40. The van der Waals surface area contributed by atoms with Crippen molar-refractivity contribution in [3.05, 3.63) is 23.3 Å². The minimum absolute atomic E-state index is 0.114. The predicted molar refractivity (Wildman–Crippen MR) is 65.2 cm³/mol. The van der Waals surface area contributed by atoms with Gasteiger partial charge in [0.15, 0.2) is 0 Å². The fraction of sp³-hybridized carbons (Fsp3) is 0.500. The maximum absolute atomic E-state index is 12.5. The second-order valence-electron chi connectivity index (χ2n) is 4.07. The minimum Gasteiger partial charge on any atom is -0.496 e. The summed E-state index contributed by atoms with van der Waals surface area (Å²) in [5.74, 6) is 0.304. The van der Waals surface area contributed by atoms with Crippen molar-refractivity contribution in [2.45, 2.75) is 23.2 Å². The van der Waals surface area contributed by atoms with Gasteiger partial charge >= 0.3 is 5.51 Å². The van der Waals surface area contributed by atoms with E-state index in [1.54, 1.807) is 12.1 Å². The molecule has 2 nitrogen and oxygen atoms in total. The van der Waals surface area contributed by atoms with E-state index in [4.69, 9.17) is 4.74 Å². The zero-order chi connectivity index (χ0) is 13.2. The topological polar surface area (TPSA) is 21.3 Å². The monoisotopic (exact) mass is 277 g/mol. The van der Waals surface area contributed by atoms with E-state index in [0.717, 1.165) is 37.1 Å². The molecule has 18 heavy (non-hydrogen) atoms. The lowest BCUT2D eigenvalue weighted by molar-refractivity contribution is -0.0328. The van der Waals surface area contributed by atoms with Crippen LogP contribution in [0.4, 0.5) is 13.2 Å². The van der Waals surface area contributed by atoms with Crippen LogP contribution >= 0.6 is 11.8 Å². The first-order chi connectivity index (χ1) is 8.49. The SMILES string of the molecule is COc1cc2c(cc1SC(F)(F)F)CCNCC2. The first-order valence-electron chi connectivity index (χ1n) is 5.66. The number of fused-ring (bicyclic) bond motifs is 1. The molecule has 0 atom stereocenters. The Balaban J connectivity index is 2.36. The Morgan fingerprint density at radius 1 is 1.17 bits per heavy atom. The Bertz CT molecular complexity index is 434. The minimum atomic E-state index is -4.29. The van der Waals surface area contributed by atoms with Crippen LogP contribution in [0.1, 0.15) is 11.1 Å². The van der Waals surface area contributed by atoms with Crippen molar-refractivity contribution in [3.63, 3.8) is 0 Å². The third kappa shape index (κ3) is 3.32. The number of hydrogen-bond donors (Lipinski definition) is 1. The van der Waals surface area contributed by atoms with Crippen molar-refractivity contribution in [2.75, 3.05) is 20.2 Å². The normalized spacial score (nSPS) is 16.0. The average molecular weight is 277 g/mol. The van der Waals surface area contributed by atoms with Gasteiger partial charge in [0.1, 0.15) is 5.75 Å². The number of ether oxygens (including phenoxy) is 1. The summed E-state index contributed by atoms with van der Waals surface area (Å²) in [6.07, 6.45) is 1.58. The molecule has 6 heteroatoms. The van der Waals surface area contributed by atoms with Crippen LogP contribution in [0.5, 0.6) is 5.75 Å². The number of halogens is 3. The summed E-state index contributed by atoms with van der Waals surface area (Å²) in [6, 6.07) is 3.34. The lowest BCUT2D eigenvalue weighted by atomic mass is 10.0. The van der Waals surface area contributed by atoms with Crippen molar-refractivity contribution >= 4 is 11.8 Å². The number of thioether (sulfide) groups is 1. The van der Waals surface area contributed by atoms with E-state index in [1.165, 1.54) is 7.11 Å². The summed E-state index contributed by atoms with van der Waals surface area (Å²) in [5, 5.41) is 3.23. The molecule has 0 aliphatic carbocycles. The zero-order valence-corrected chi connectivity index (χ0v) is 10.8. The number of alkyl halides is 3. The van der Waals surface area contributed by atoms with E-state index < -0.39 is 5.51 Å². The van der Waals surface area contributed by atoms with Crippen LogP contribution in [-0.2, 0) is 12.8 Å². The molecule has 1 aromatic rings. The largest absolute Gasteiger partial charge is 0.496 e. The molecule has 2 rings (SSSR count). The van der Waals surface area contributed by atoms with Gasteiger partial charge in [0.2, 0.25) is 0 Å². The standard InChI is InChI=1S/C12H14F3NOS/c1-17-10-6-8-2-4-16-5-3-9(8)7-11(10)18-12(13,14)15/h6-7,16H,2-5H2,1H3. The maximum Gasteiger partial charge on any atom is 0.446 e. The Kier molecular flexibility index (Phi) is 4.07. The van der Waals surface area contributed by atoms with Gasteiger partial charge in [0, 0.05) is 0 Å². The highest BCUT2D eigenvalue weighted by Crippen LogP contribution is 2.42. The number of benzene rings is 1. The molecule has 1 heterocycles. The Hall–Kier alpha value is -0.880. The Morgan fingerprint density at radius 3 is 2.33 bits per heavy atom. The fourth-order valence-corrected chi connectivity index (χ4v) is 2.74. The van der Waals surface area contributed by atoms with Gasteiger partial charge < -0.3 is 10.1 Å². The molecular formula is C12H14F3NOS. The molecule has 0 saturated carbocycles. The lowest BCUT2D eigenvalue weighted by Crippen LogP contribution is -2.16. The summed E-state index contributed by atoms with van der Waals surface area (Å²) in [7, 11) is 1.40. The zero-order valence-electron chi connectivity index (χ0n) is 9.93. The Labute approximate surface area is 108 Å². The van der Waals surface area contributed by atoms with Crippen molar-refractivity contribution in [3.8, 4) is 5.75 Å². The van der Waals surface area contributed by atoms with Crippen LogP contribution in [0, 0.1) is 0 Å². The highest BCUT2D eigenvalue weighted by atomic mass is 32.2.